The average molecular weight is 515 g/mol. The molecule has 0 aliphatic carbocycles. The highest BCUT2D eigenvalue weighted by molar-refractivity contribution is 5.79. The Morgan fingerprint density at radius 1 is 1.05 bits per heavy atom. The van der Waals surface area contributed by atoms with Crippen LogP contribution >= 0.6 is 0 Å². The first-order valence-electron chi connectivity index (χ1n) is 12.6. The highest BCUT2D eigenvalue weighted by Gasteiger charge is 2.25. The number of nitrogens with one attached hydrogen (secondary N) is 1. The molecule has 0 radical (unpaired) electrons. The van der Waals surface area contributed by atoms with E-state index in [0.717, 1.165) is 54.7 Å². The summed E-state index contributed by atoms with van der Waals surface area (Å²) in [5.74, 6) is 3.13. The zero-order valence-corrected chi connectivity index (χ0v) is 21.4. The van der Waals surface area contributed by atoms with Crippen molar-refractivity contribution in [3.05, 3.63) is 77.4 Å². The molecule has 5 rings (SSSR count). The Balaban J connectivity index is 1.13. The zero-order chi connectivity index (χ0) is 26.5. The Kier molecular flexibility index (Phi) is 7.43. The maximum atomic E-state index is 12.8. The second kappa shape index (κ2) is 11.2. The van der Waals surface area contributed by atoms with E-state index in [1.807, 2.05) is 48.0 Å². The molecule has 1 aromatic carbocycles. The van der Waals surface area contributed by atoms with Crippen LogP contribution in [0.1, 0.15) is 18.7 Å². The number of hydrogen-bond acceptors (Lipinski definition) is 8. The molecule has 1 amide bonds. The molecular formula is C27H30N8O3. The first-order valence-corrected chi connectivity index (χ1v) is 12.6. The van der Waals surface area contributed by atoms with E-state index in [0.29, 0.717) is 18.8 Å². The second-order valence-electron chi connectivity index (χ2n) is 9.14. The number of imidazole rings is 1. The third-order valence-electron chi connectivity index (χ3n) is 6.78. The minimum Gasteiger partial charge on any atom is -0.497 e. The second-order valence-corrected chi connectivity index (χ2v) is 9.14. The van der Waals surface area contributed by atoms with E-state index in [-0.39, 0.29) is 17.4 Å². The van der Waals surface area contributed by atoms with Crippen LogP contribution < -0.4 is 20.5 Å². The van der Waals surface area contributed by atoms with Crippen molar-refractivity contribution in [1.82, 2.24) is 34.6 Å². The largest absolute Gasteiger partial charge is 0.497 e. The molecule has 0 bridgehead atoms. The van der Waals surface area contributed by atoms with Gasteiger partial charge in [0, 0.05) is 55.6 Å². The number of hydrogen-bond donors (Lipinski definition) is 1. The molecule has 3 aromatic heterocycles. The van der Waals surface area contributed by atoms with Crippen LogP contribution in [0.2, 0.25) is 0 Å². The van der Waals surface area contributed by atoms with Gasteiger partial charge < -0.3 is 15.0 Å². The molecule has 1 fully saturated rings. The van der Waals surface area contributed by atoms with Gasteiger partial charge in [0.1, 0.15) is 29.5 Å². The number of benzene rings is 1. The number of anilines is 1. The van der Waals surface area contributed by atoms with Crippen molar-refractivity contribution in [2.24, 2.45) is 5.92 Å². The summed E-state index contributed by atoms with van der Waals surface area (Å²) in [6.45, 7) is 4.00. The standard InChI is InChI=1S/C27H30N8O3/c1-19-28-11-15-34(19)25-17-24(30-18-31-25)33-13-9-21(10-14-33)27(37)29-12-16-35-26(36)8-7-23(32-35)20-3-5-22(38-2)6-4-20/h3-8,11,15,17-18,21H,9-10,12-14,16H2,1-2H3,(H,29,37). The Hall–Kier alpha value is -4.54. The van der Waals surface area contributed by atoms with Crippen LogP contribution in [0, 0.1) is 12.8 Å². The van der Waals surface area contributed by atoms with Gasteiger partial charge in [0.15, 0.2) is 0 Å². The van der Waals surface area contributed by atoms with Gasteiger partial charge in [-0.05, 0) is 50.1 Å². The van der Waals surface area contributed by atoms with E-state index < -0.39 is 0 Å². The van der Waals surface area contributed by atoms with E-state index >= 15 is 0 Å². The monoisotopic (exact) mass is 514 g/mol. The highest BCUT2D eigenvalue weighted by atomic mass is 16.5. The van der Waals surface area contributed by atoms with Crippen LogP contribution in [0.4, 0.5) is 5.82 Å². The molecule has 38 heavy (non-hydrogen) atoms. The van der Waals surface area contributed by atoms with Crippen LogP contribution in [-0.2, 0) is 11.3 Å². The predicted octanol–water partition coefficient (Wildman–Crippen LogP) is 2.24. The van der Waals surface area contributed by atoms with E-state index in [2.05, 4.69) is 30.3 Å². The average Bonchev–Trinajstić information content (AvgIpc) is 3.40. The van der Waals surface area contributed by atoms with Gasteiger partial charge in [0.2, 0.25) is 5.91 Å². The number of nitrogens with zero attached hydrogens (tertiary/aromatic N) is 7. The number of methoxy groups -OCH3 is 1. The summed E-state index contributed by atoms with van der Waals surface area (Å²) in [5.41, 5.74) is 1.35. The Labute approximate surface area is 220 Å². The lowest BCUT2D eigenvalue weighted by Gasteiger charge is -2.32. The number of aryl methyl sites for hydroxylation is 1. The van der Waals surface area contributed by atoms with Crippen molar-refractivity contribution in [2.75, 3.05) is 31.6 Å². The van der Waals surface area contributed by atoms with Gasteiger partial charge in [-0.1, -0.05) is 0 Å². The number of aromatic nitrogens is 6. The molecule has 1 N–H and O–H groups in total. The molecule has 0 unspecified atom stereocenters. The Bertz CT molecular complexity index is 1460. The zero-order valence-electron chi connectivity index (χ0n) is 21.4. The third-order valence-corrected chi connectivity index (χ3v) is 6.78. The van der Waals surface area contributed by atoms with Gasteiger partial charge in [0.05, 0.1) is 19.3 Å². The van der Waals surface area contributed by atoms with Crippen LogP contribution in [0.5, 0.6) is 5.75 Å². The maximum Gasteiger partial charge on any atom is 0.266 e. The van der Waals surface area contributed by atoms with Crippen molar-refractivity contribution in [2.45, 2.75) is 26.3 Å². The maximum absolute atomic E-state index is 12.8. The number of carbonyl (C=O) groups is 1. The van der Waals surface area contributed by atoms with E-state index in [1.54, 1.807) is 25.7 Å². The number of carbonyl (C=O) groups excluding carboxylic acids is 1. The lowest BCUT2D eigenvalue weighted by Crippen LogP contribution is -2.42. The van der Waals surface area contributed by atoms with Crippen molar-refractivity contribution < 1.29 is 9.53 Å². The molecule has 1 aliphatic rings. The predicted molar refractivity (Wildman–Crippen MR) is 142 cm³/mol. The Morgan fingerprint density at radius 3 is 2.53 bits per heavy atom. The minimum absolute atomic E-state index is 0.00132. The molecule has 0 saturated carbocycles. The van der Waals surface area contributed by atoms with Crippen molar-refractivity contribution >= 4 is 11.7 Å². The first-order chi connectivity index (χ1) is 18.5. The molecule has 11 nitrogen and oxygen atoms in total. The fourth-order valence-electron chi connectivity index (χ4n) is 4.59. The van der Waals surface area contributed by atoms with Crippen LogP contribution in [0.25, 0.3) is 17.1 Å². The number of ether oxygens (including phenoxy) is 1. The molecular weight excluding hydrogens is 484 g/mol. The summed E-state index contributed by atoms with van der Waals surface area (Å²) < 4.78 is 8.50. The number of rotatable bonds is 8. The van der Waals surface area contributed by atoms with E-state index in [1.165, 1.54) is 10.7 Å². The first kappa shape index (κ1) is 25.1. The van der Waals surface area contributed by atoms with Crippen LogP contribution in [-0.4, -0.2) is 62.0 Å². The van der Waals surface area contributed by atoms with Crippen molar-refractivity contribution in [1.29, 1.82) is 0 Å². The highest BCUT2D eigenvalue weighted by Crippen LogP contribution is 2.23. The van der Waals surface area contributed by atoms with Crippen LogP contribution in [0.15, 0.2) is 66.0 Å². The Morgan fingerprint density at radius 2 is 1.82 bits per heavy atom. The molecule has 11 heteroatoms. The van der Waals surface area contributed by atoms with Crippen molar-refractivity contribution in [3.8, 4) is 22.8 Å². The number of piperidine rings is 1. The molecule has 0 spiro atoms. The summed E-state index contributed by atoms with van der Waals surface area (Å²) >= 11 is 0. The summed E-state index contributed by atoms with van der Waals surface area (Å²) in [4.78, 5) is 40.4. The summed E-state index contributed by atoms with van der Waals surface area (Å²) in [7, 11) is 1.61. The molecule has 1 saturated heterocycles. The third kappa shape index (κ3) is 5.56. The topological polar surface area (TPSA) is 120 Å². The summed E-state index contributed by atoms with van der Waals surface area (Å²) in [6.07, 6.45) is 6.62. The molecule has 4 aromatic rings. The normalized spacial score (nSPS) is 13.9. The van der Waals surface area contributed by atoms with E-state index in [9.17, 15) is 9.59 Å². The smallest absolute Gasteiger partial charge is 0.266 e. The van der Waals surface area contributed by atoms with E-state index in [4.69, 9.17) is 4.74 Å². The van der Waals surface area contributed by atoms with Gasteiger partial charge in [0.25, 0.3) is 5.56 Å². The quantitative estimate of drug-likeness (QED) is 0.380. The van der Waals surface area contributed by atoms with Gasteiger partial charge in [-0.2, -0.15) is 5.10 Å². The van der Waals surface area contributed by atoms with Crippen molar-refractivity contribution in [3.63, 3.8) is 0 Å². The minimum atomic E-state index is -0.208. The van der Waals surface area contributed by atoms with Crippen LogP contribution in [0.3, 0.4) is 0 Å². The lowest BCUT2D eigenvalue weighted by atomic mass is 9.96. The van der Waals surface area contributed by atoms with Gasteiger partial charge in [-0.3, -0.25) is 14.2 Å². The fraction of sp³-hybridized carbons (Fsp3) is 0.333. The van der Waals surface area contributed by atoms with Gasteiger partial charge in [-0.25, -0.2) is 19.6 Å². The molecule has 1 aliphatic heterocycles. The van der Waals surface area contributed by atoms with Gasteiger partial charge in [-0.15, -0.1) is 0 Å². The summed E-state index contributed by atoms with van der Waals surface area (Å²) in [5, 5.41) is 7.45. The number of amides is 1. The molecule has 0 atom stereocenters. The molecule has 4 heterocycles. The van der Waals surface area contributed by atoms with Gasteiger partial charge >= 0.3 is 0 Å². The molecule has 196 valence electrons. The fourth-order valence-corrected chi connectivity index (χ4v) is 4.59. The SMILES string of the molecule is COc1ccc(-c2ccc(=O)n(CCNC(=O)C3CCN(c4cc(-n5ccnc5C)ncn4)CC3)n2)cc1. The summed E-state index contributed by atoms with van der Waals surface area (Å²) in [6, 6.07) is 12.6. The lowest BCUT2D eigenvalue weighted by molar-refractivity contribution is -0.125.